The Hall–Kier alpha value is -2.74. The molecule has 0 aliphatic carbocycles. The van der Waals surface area contributed by atoms with E-state index in [-0.39, 0.29) is 5.78 Å². The average molecular weight is 287 g/mol. The maximum absolute atomic E-state index is 12.2. The molecule has 2 aromatic carbocycles. The van der Waals surface area contributed by atoms with Crippen LogP contribution in [-0.2, 0) is 0 Å². The van der Waals surface area contributed by atoms with Crippen molar-refractivity contribution in [3.8, 4) is 0 Å². The van der Waals surface area contributed by atoms with Crippen LogP contribution < -0.4 is 0 Å². The van der Waals surface area contributed by atoms with E-state index in [1.54, 1.807) is 12.3 Å². The summed E-state index contributed by atoms with van der Waals surface area (Å²) < 4.78 is 0. The number of pyridine rings is 1. The highest BCUT2D eigenvalue weighted by Gasteiger charge is 2.03. The quantitative estimate of drug-likeness (QED) is 0.514. The molecule has 0 fully saturated rings. The zero-order valence-corrected chi connectivity index (χ0v) is 12.7. The van der Waals surface area contributed by atoms with Crippen LogP contribution in [0.15, 0.2) is 60.9 Å². The summed E-state index contributed by atoms with van der Waals surface area (Å²) in [5, 5.41) is 2.22. The van der Waals surface area contributed by atoms with Gasteiger partial charge in [-0.05, 0) is 60.2 Å². The molecular weight excluding hydrogens is 270 g/mol. The summed E-state index contributed by atoms with van der Waals surface area (Å²) in [7, 11) is 0. The number of hydrogen-bond acceptors (Lipinski definition) is 2. The number of carbonyl (C=O) groups excluding carboxylic acids is 1. The van der Waals surface area contributed by atoms with Crippen LogP contribution in [0.3, 0.4) is 0 Å². The molecule has 0 atom stereocenters. The van der Waals surface area contributed by atoms with Crippen molar-refractivity contribution in [1.29, 1.82) is 0 Å². The number of fused-ring (bicyclic) bond motifs is 1. The van der Waals surface area contributed by atoms with E-state index in [2.05, 4.69) is 11.1 Å². The lowest BCUT2D eigenvalue weighted by atomic mass is 10.0. The Bertz CT molecular complexity index is 878. The monoisotopic (exact) mass is 287 g/mol. The van der Waals surface area contributed by atoms with E-state index in [9.17, 15) is 4.79 Å². The van der Waals surface area contributed by atoms with Crippen LogP contribution in [0.5, 0.6) is 0 Å². The van der Waals surface area contributed by atoms with Gasteiger partial charge in [0.2, 0.25) is 0 Å². The van der Waals surface area contributed by atoms with Crippen molar-refractivity contribution in [2.75, 3.05) is 0 Å². The molecule has 0 radical (unpaired) electrons. The Kier molecular flexibility index (Phi) is 3.84. The number of ketones is 1. The first-order valence-electron chi connectivity index (χ1n) is 7.27. The van der Waals surface area contributed by atoms with E-state index in [1.807, 2.05) is 62.5 Å². The van der Waals surface area contributed by atoms with Crippen LogP contribution in [0.1, 0.15) is 27.0 Å². The second kappa shape index (κ2) is 5.94. The number of allylic oxidation sites excluding steroid dienone is 1. The third-order valence-electron chi connectivity index (χ3n) is 3.88. The topological polar surface area (TPSA) is 30.0 Å². The first kappa shape index (κ1) is 14.2. The van der Waals surface area contributed by atoms with Gasteiger partial charge in [0.15, 0.2) is 5.78 Å². The van der Waals surface area contributed by atoms with Crippen LogP contribution in [0, 0.1) is 13.8 Å². The van der Waals surface area contributed by atoms with Gasteiger partial charge in [-0.25, -0.2) is 0 Å². The van der Waals surface area contributed by atoms with Crippen molar-refractivity contribution >= 4 is 22.6 Å². The Morgan fingerprint density at radius 3 is 2.64 bits per heavy atom. The highest BCUT2D eigenvalue weighted by atomic mass is 16.1. The van der Waals surface area contributed by atoms with Crippen molar-refractivity contribution in [2.24, 2.45) is 0 Å². The third-order valence-corrected chi connectivity index (χ3v) is 3.88. The molecule has 0 N–H and O–H groups in total. The molecule has 1 heterocycles. The van der Waals surface area contributed by atoms with Gasteiger partial charge in [-0.1, -0.05) is 30.3 Å². The summed E-state index contributed by atoms with van der Waals surface area (Å²) in [6, 6.07) is 13.8. The first-order chi connectivity index (χ1) is 10.6. The Morgan fingerprint density at radius 2 is 1.82 bits per heavy atom. The van der Waals surface area contributed by atoms with Gasteiger partial charge in [0, 0.05) is 23.3 Å². The van der Waals surface area contributed by atoms with Gasteiger partial charge < -0.3 is 0 Å². The molecule has 0 spiro atoms. The van der Waals surface area contributed by atoms with Crippen molar-refractivity contribution in [1.82, 2.24) is 4.98 Å². The van der Waals surface area contributed by atoms with Gasteiger partial charge in [-0.15, -0.1) is 0 Å². The number of benzene rings is 2. The maximum Gasteiger partial charge on any atom is 0.185 e. The van der Waals surface area contributed by atoms with Gasteiger partial charge in [0.1, 0.15) is 0 Å². The maximum atomic E-state index is 12.2. The van der Waals surface area contributed by atoms with Crippen LogP contribution >= 0.6 is 0 Å². The molecule has 3 rings (SSSR count). The largest absolute Gasteiger partial charge is 0.289 e. The van der Waals surface area contributed by atoms with Crippen molar-refractivity contribution in [2.45, 2.75) is 13.8 Å². The predicted octanol–water partition coefficient (Wildman–Crippen LogP) is 4.75. The molecule has 2 heteroatoms. The van der Waals surface area contributed by atoms with Crippen LogP contribution in [0.2, 0.25) is 0 Å². The molecule has 0 aliphatic rings. The van der Waals surface area contributed by atoms with Crippen molar-refractivity contribution in [3.05, 3.63) is 83.2 Å². The van der Waals surface area contributed by atoms with Crippen LogP contribution in [-0.4, -0.2) is 10.8 Å². The summed E-state index contributed by atoms with van der Waals surface area (Å²) in [4.78, 5) is 16.3. The van der Waals surface area contributed by atoms with Gasteiger partial charge in [0.25, 0.3) is 0 Å². The number of carbonyl (C=O) groups is 1. The normalized spacial score (nSPS) is 11.2. The number of nitrogens with zero attached hydrogens (tertiary/aromatic N) is 1. The molecule has 108 valence electrons. The lowest BCUT2D eigenvalue weighted by molar-refractivity contribution is 0.104. The Balaban J connectivity index is 1.85. The van der Waals surface area contributed by atoms with Crippen molar-refractivity contribution < 1.29 is 4.79 Å². The van der Waals surface area contributed by atoms with Crippen molar-refractivity contribution in [3.63, 3.8) is 0 Å². The molecule has 1 aromatic heterocycles. The Labute approximate surface area is 130 Å². The molecular formula is C20H17NO. The average Bonchev–Trinajstić information content (AvgIpc) is 2.55. The Morgan fingerprint density at radius 1 is 0.955 bits per heavy atom. The van der Waals surface area contributed by atoms with E-state index >= 15 is 0 Å². The minimum atomic E-state index is 0.0259. The zero-order valence-electron chi connectivity index (χ0n) is 12.7. The lowest BCUT2D eigenvalue weighted by Crippen LogP contribution is -1.95. The molecule has 0 bridgehead atoms. The van der Waals surface area contributed by atoms with Crippen LogP contribution in [0.4, 0.5) is 0 Å². The van der Waals surface area contributed by atoms with E-state index in [0.717, 1.165) is 27.5 Å². The predicted molar refractivity (Wildman–Crippen MR) is 91.0 cm³/mol. The fourth-order valence-electron chi connectivity index (χ4n) is 2.37. The summed E-state index contributed by atoms with van der Waals surface area (Å²) in [5.74, 6) is 0.0259. The smallest absolute Gasteiger partial charge is 0.185 e. The van der Waals surface area contributed by atoms with Gasteiger partial charge in [-0.3, -0.25) is 9.78 Å². The van der Waals surface area contributed by atoms with Gasteiger partial charge >= 0.3 is 0 Å². The molecule has 0 amide bonds. The summed E-state index contributed by atoms with van der Waals surface area (Å²) >= 11 is 0. The third kappa shape index (κ3) is 2.96. The minimum Gasteiger partial charge on any atom is -0.289 e. The highest BCUT2D eigenvalue weighted by Crippen LogP contribution is 2.16. The standard InChI is InChI=1S/C20H17NO/c1-14-3-6-18(11-15(14)2)20(22)8-5-16-4-7-19-13-21-10-9-17(19)12-16/h3-13H,1-2H3/b8-5+. The molecule has 22 heavy (non-hydrogen) atoms. The fraction of sp³-hybridized carbons (Fsp3) is 0.100. The van der Waals surface area contributed by atoms with E-state index in [0.29, 0.717) is 0 Å². The number of hydrogen-bond donors (Lipinski definition) is 0. The van der Waals surface area contributed by atoms with E-state index in [1.165, 1.54) is 5.56 Å². The summed E-state index contributed by atoms with van der Waals surface area (Å²) in [6.07, 6.45) is 7.10. The second-order valence-corrected chi connectivity index (χ2v) is 5.48. The zero-order chi connectivity index (χ0) is 15.5. The SMILES string of the molecule is Cc1ccc(C(=O)/C=C/c2ccc3cnccc3c2)cc1C. The lowest BCUT2D eigenvalue weighted by Gasteiger charge is -2.02. The van der Waals surface area contributed by atoms with E-state index < -0.39 is 0 Å². The van der Waals surface area contributed by atoms with Gasteiger partial charge in [0.05, 0.1) is 0 Å². The number of rotatable bonds is 3. The van der Waals surface area contributed by atoms with E-state index in [4.69, 9.17) is 0 Å². The molecule has 0 saturated carbocycles. The molecule has 0 aliphatic heterocycles. The number of aromatic nitrogens is 1. The van der Waals surface area contributed by atoms with Gasteiger partial charge in [-0.2, -0.15) is 0 Å². The molecule has 3 aromatic rings. The second-order valence-electron chi connectivity index (χ2n) is 5.48. The summed E-state index contributed by atoms with van der Waals surface area (Å²) in [5.41, 5.74) is 4.07. The van der Waals surface area contributed by atoms with Crippen LogP contribution in [0.25, 0.3) is 16.8 Å². The molecule has 0 saturated heterocycles. The number of aryl methyl sites for hydroxylation is 2. The first-order valence-corrected chi connectivity index (χ1v) is 7.27. The minimum absolute atomic E-state index is 0.0259. The fourth-order valence-corrected chi connectivity index (χ4v) is 2.37. The highest BCUT2D eigenvalue weighted by molar-refractivity contribution is 6.07. The molecule has 2 nitrogen and oxygen atoms in total. The molecule has 0 unspecified atom stereocenters. The summed E-state index contributed by atoms with van der Waals surface area (Å²) in [6.45, 7) is 4.07.